The maximum atomic E-state index is 5.51. The summed E-state index contributed by atoms with van der Waals surface area (Å²) >= 11 is 0. The Kier molecular flexibility index (Phi) is 5.60. The van der Waals surface area contributed by atoms with E-state index in [9.17, 15) is 0 Å². The number of hydrogen-bond acceptors (Lipinski definition) is 6. The molecule has 3 heterocycles. The van der Waals surface area contributed by atoms with Gasteiger partial charge < -0.3 is 19.4 Å². The van der Waals surface area contributed by atoms with E-state index in [2.05, 4.69) is 30.7 Å². The molecular weight excluding hydrogens is 326 g/mol. The molecule has 2 aliphatic heterocycles. The van der Waals surface area contributed by atoms with Crippen LogP contribution in [0.2, 0.25) is 0 Å². The van der Waals surface area contributed by atoms with Gasteiger partial charge in [0.05, 0.1) is 0 Å². The first-order valence-corrected chi connectivity index (χ1v) is 10.3. The van der Waals surface area contributed by atoms with Gasteiger partial charge in [0.1, 0.15) is 18.0 Å². The standard InChI is InChI=1S/C20H33N5O/c1-23(2)19-13-20(22-15-21-19)25(17-3-4-17)18-5-9-24(10-6-18)14-16-7-11-26-12-8-16/h13,15-18H,3-12,14H2,1-2H3. The van der Waals surface area contributed by atoms with E-state index in [-0.39, 0.29) is 0 Å². The summed E-state index contributed by atoms with van der Waals surface area (Å²) < 4.78 is 5.51. The number of ether oxygens (including phenoxy) is 1. The average Bonchev–Trinajstić information content (AvgIpc) is 3.49. The second kappa shape index (κ2) is 8.09. The van der Waals surface area contributed by atoms with Gasteiger partial charge in [-0.1, -0.05) is 0 Å². The first-order chi connectivity index (χ1) is 12.7. The minimum atomic E-state index is 0.623. The van der Waals surface area contributed by atoms with Crippen LogP contribution in [0.5, 0.6) is 0 Å². The number of aromatic nitrogens is 2. The fraction of sp³-hybridized carbons (Fsp3) is 0.800. The van der Waals surface area contributed by atoms with Gasteiger partial charge >= 0.3 is 0 Å². The maximum Gasteiger partial charge on any atom is 0.134 e. The van der Waals surface area contributed by atoms with E-state index in [1.165, 1.54) is 58.2 Å². The van der Waals surface area contributed by atoms with Gasteiger partial charge in [-0.2, -0.15) is 0 Å². The first kappa shape index (κ1) is 18.0. The molecule has 6 nitrogen and oxygen atoms in total. The molecule has 3 fully saturated rings. The molecule has 0 aromatic carbocycles. The third-order valence-electron chi connectivity index (χ3n) is 6.11. The van der Waals surface area contributed by atoms with Gasteiger partial charge in [0.25, 0.3) is 0 Å². The van der Waals surface area contributed by atoms with E-state index < -0.39 is 0 Å². The van der Waals surface area contributed by atoms with Crippen molar-refractivity contribution in [1.29, 1.82) is 0 Å². The Labute approximate surface area is 157 Å². The van der Waals surface area contributed by atoms with Gasteiger partial charge in [0, 0.05) is 65.1 Å². The minimum absolute atomic E-state index is 0.623. The number of nitrogens with zero attached hydrogens (tertiary/aromatic N) is 5. The molecule has 1 aromatic rings. The third-order valence-corrected chi connectivity index (χ3v) is 6.11. The lowest BCUT2D eigenvalue weighted by Crippen LogP contribution is -2.47. The quantitative estimate of drug-likeness (QED) is 0.777. The zero-order chi connectivity index (χ0) is 17.9. The van der Waals surface area contributed by atoms with Crippen LogP contribution >= 0.6 is 0 Å². The second-order valence-electron chi connectivity index (χ2n) is 8.35. The highest BCUT2D eigenvalue weighted by Gasteiger charge is 2.36. The van der Waals surface area contributed by atoms with Crippen molar-refractivity contribution < 1.29 is 4.74 Å². The molecule has 0 unspecified atom stereocenters. The van der Waals surface area contributed by atoms with Crippen LogP contribution in [-0.4, -0.2) is 73.9 Å². The van der Waals surface area contributed by atoms with Gasteiger partial charge in [0.15, 0.2) is 0 Å². The number of likely N-dealkylation sites (tertiary alicyclic amines) is 1. The van der Waals surface area contributed by atoms with Crippen LogP contribution in [0.4, 0.5) is 11.6 Å². The topological polar surface area (TPSA) is 44.7 Å². The van der Waals surface area contributed by atoms with Crippen molar-refractivity contribution in [3.63, 3.8) is 0 Å². The van der Waals surface area contributed by atoms with Gasteiger partial charge in [-0.3, -0.25) is 0 Å². The number of anilines is 2. The fourth-order valence-corrected chi connectivity index (χ4v) is 4.42. The van der Waals surface area contributed by atoms with Crippen molar-refractivity contribution in [3.8, 4) is 0 Å². The monoisotopic (exact) mass is 359 g/mol. The SMILES string of the molecule is CN(C)c1cc(N(C2CC2)C2CCN(CC3CCOCC3)CC2)ncn1. The molecule has 2 saturated heterocycles. The molecule has 0 atom stereocenters. The van der Waals surface area contributed by atoms with E-state index >= 15 is 0 Å². The molecule has 0 bridgehead atoms. The highest BCUT2D eigenvalue weighted by atomic mass is 16.5. The van der Waals surface area contributed by atoms with E-state index in [1.54, 1.807) is 6.33 Å². The lowest BCUT2D eigenvalue weighted by atomic mass is 9.97. The van der Waals surface area contributed by atoms with Crippen LogP contribution in [0.25, 0.3) is 0 Å². The molecule has 1 saturated carbocycles. The van der Waals surface area contributed by atoms with Gasteiger partial charge in [0.2, 0.25) is 0 Å². The van der Waals surface area contributed by atoms with Gasteiger partial charge in [-0.15, -0.1) is 0 Å². The van der Waals surface area contributed by atoms with Crippen molar-refractivity contribution >= 4 is 11.6 Å². The maximum absolute atomic E-state index is 5.51. The van der Waals surface area contributed by atoms with Crippen LogP contribution in [-0.2, 0) is 4.74 Å². The molecule has 0 spiro atoms. The van der Waals surface area contributed by atoms with Crippen molar-refractivity contribution in [2.75, 3.05) is 56.7 Å². The van der Waals surface area contributed by atoms with E-state index in [1.807, 2.05) is 14.1 Å². The zero-order valence-corrected chi connectivity index (χ0v) is 16.3. The minimum Gasteiger partial charge on any atom is -0.381 e. The molecule has 6 heteroatoms. The van der Waals surface area contributed by atoms with E-state index in [0.717, 1.165) is 30.8 Å². The summed E-state index contributed by atoms with van der Waals surface area (Å²) in [4.78, 5) is 16.4. The summed E-state index contributed by atoms with van der Waals surface area (Å²) in [5.41, 5.74) is 0. The lowest BCUT2D eigenvalue weighted by molar-refractivity contribution is 0.0487. The molecule has 1 aromatic heterocycles. The van der Waals surface area contributed by atoms with Crippen molar-refractivity contribution in [1.82, 2.24) is 14.9 Å². The smallest absolute Gasteiger partial charge is 0.134 e. The largest absolute Gasteiger partial charge is 0.381 e. The summed E-state index contributed by atoms with van der Waals surface area (Å²) in [6.45, 7) is 5.61. The summed E-state index contributed by atoms with van der Waals surface area (Å²) in [5.74, 6) is 2.95. The van der Waals surface area contributed by atoms with Crippen LogP contribution < -0.4 is 9.80 Å². The van der Waals surface area contributed by atoms with Crippen molar-refractivity contribution in [2.45, 2.75) is 50.6 Å². The van der Waals surface area contributed by atoms with Crippen LogP contribution in [0.1, 0.15) is 38.5 Å². The molecule has 26 heavy (non-hydrogen) atoms. The van der Waals surface area contributed by atoms with Crippen LogP contribution in [0, 0.1) is 5.92 Å². The summed E-state index contributed by atoms with van der Waals surface area (Å²) in [7, 11) is 4.09. The zero-order valence-electron chi connectivity index (χ0n) is 16.3. The molecular formula is C20H33N5O. The number of rotatable bonds is 6. The summed E-state index contributed by atoms with van der Waals surface area (Å²) in [6, 6.07) is 3.47. The normalized spacial score (nSPS) is 23.2. The predicted molar refractivity (Wildman–Crippen MR) is 105 cm³/mol. The Hall–Kier alpha value is -1.40. The molecule has 3 aliphatic rings. The van der Waals surface area contributed by atoms with Crippen molar-refractivity contribution in [3.05, 3.63) is 12.4 Å². The van der Waals surface area contributed by atoms with Gasteiger partial charge in [-0.25, -0.2) is 9.97 Å². The summed E-state index contributed by atoms with van der Waals surface area (Å²) in [5, 5.41) is 0. The van der Waals surface area contributed by atoms with Crippen LogP contribution in [0.3, 0.4) is 0 Å². The van der Waals surface area contributed by atoms with Crippen molar-refractivity contribution in [2.24, 2.45) is 5.92 Å². The predicted octanol–water partition coefficient (Wildman–Crippen LogP) is 2.40. The Morgan fingerprint density at radius 1 is 0.962 bits per heavy atom. The van der Waals surface area contributed by atoms with E-state index in [0.29, 0.717) is 12.1 Å². The highest BCUT2D eigenvalue weighted by molar-refractivity contribution is 5.51. The highest BCUT2D eigenvalue weighted by Crippen LogP contribution is 2.36. The molecule has 0 N–H and O–H groups in total. The second-order valence-corrected chi connectivity index (χ2v) is 8.35. The van der Waals surface area contributed by atoms with E-state index in [4.69, 9.17) is 4.74 Å². The third kappa shape index (κ3) is 4.29. The summed E-state index contributed by atoms with van der Waals surface area (Å²) in [6.07, 6.45) is 9.32. The Morgan fingerprint density at radius 3 is 2.27 bits per heavy atom. The molecule has 144 valence electrons. The van der Waals surface area contributed by atoms with Crippen LogP contribution in [0.15, 0.2) is 12.4 Å². The number of hydrogen-bond donors (Lipinski definition) is 0. The molecule has 0 radical (unpaired) electrons. The first-order valence-electron chi connectivity index (χ1n) is 10.3. The number of piperidine rings is 1. The van der Waals surface area contributed by atoms with Gasteiger partial charge in [-0.05, 0) is 44.4 Å². The average molecular weight is 360 g/mol. The fourth-order valence-electron chi connectivity index (χ4n) is 4.42. The molecule has 0 amide bonds. The Morgan fingerprint density at radius 2 is 1.62 bits per heavy atom. The Bertz CT molecular complexity index is 577. The Balaban J connectivity index is 1.37. The molecule has 4 rings (SSSR count). The lowest BCUT2D eigenvalue weighted by Gasteiger charge is -2.40. The molecule has 1 aliphatic carbocycles.